The molecule has 1 saturated carbocycles. The van der Waals surface area contributed by atoms with Crippen LogP contribution in [0.25, 0.3) is 0 Å². The summed E-state index contributed by atoms with van der Waals surface area (Å²) in [5, 5.41) is 0. The van der Waals surface area contributed by atoms with Crippen LogP contribution in [0.1, 0.15) is 13.8 Å². The van der Waals surface area contributed by atoms with Crippen molar-refractivity contribution < 1.29 is 19.2 Å². The number of hydrogen-bond donors (Lipinski definition) is 0. The van der Waals surface area contributed by atoms with Crippen molar-refractivity contribution in [3.05, 3.63) is 0 Å². The molecule has 1 rings (SSSR count). The molecule has 1 aliphatic rings. The lowest BCUT2D eigenvalue weighted by atomic mass is 9.41. The van der Waals surface area contributed by atoms with E-state index in [-0.39, 0.29) is 0 Å². The van der Waals surface area contributed by atoms with Crippen molar-refractivity contribution in [1.29, 1.82) is 0 Å². The zero-order chi connectivity index (χ0) is 11.0. The van der Waals surface area contributed by atoms with Crippen LogP contribution in [0.5, 0.6) is 0 Å². The van der Waals surface area contributed by atoms with Crippen LogP contribution >= 0.6 is 0 Å². The van der Waals surface area contributed by atoms with E-state index in [1.54, 1.807) is 0 Å². The molecular weight excluding hydrogens is 184 g/mol. The fraction of sp³-hybridized carbons (Fsp3) is 0.600. The first kappa shape index (κ1) is 10.8. The summed E-state index contributed by atoms with van der Waals surface area (Å²) in [5.41, 5.74) is -2.03. The Morgan fingerprint density at radius 1 is 0.786 bits per heavy atom. The Hall–Kier alpha value is -1.32. The van der Waals surface area contributed by atoms with Gasteiger partial charge < -0.3 is 19.2 Å². The van der Waals surface area contributed by atoms with Crippen molar-refractivity contribution in [2.24, 2.45) is 22.7 Å². The molecule has 0 unspecified atom stereocenters. The molecule has 0 bridgehead atoms. The third-order valence-corrected chi connectivity index (χ3v) is 3.46. The third kappa shape index (κ3) is 0.937. The summed E-state index contributed by atoms with van der Waals surface area (Å²) in [5.74, 6) is -1.39. The lowest BCUT2D eigenvalue weighted by Gasteiger charge is -2.57. The largest absolute Gasteiger partial charge is 0.303 e. The van der Waals surface area contributed by atoms with Gasteiger partial charge in [0, 0.05) is 22.7 Å². The molecule has 0 amide bonds. The monoisotopic (exact) mass is 196 g/mol. The van der Waals surface area contributed by atoms with Gasteiger partial charge >= 0.3 is 0 Å². The Balaban J connectivity index is 3.16. The highest BCUT2D eigenvalue weighted by molar-refractivity contribution is 5.88. The van der Waals surface area contributed by atoms with Gasteiger partial charge in [-0.05, 0) is 0 Å². The lowest BCUT2D eigenvalue weighted by molar-refractivity contribution is -0.179. The van der Waals surface area contributed by atoms with Crippen LogP contribution in [-0.2, 0) is 19.2 Å². The Bertz CT molecular complexity index is 256. The molecule has 0 atom stereocenters. The van der Waals surface area contributed by atoms with Crippen molar-refractivity contribution in [1.82, 2.24) is 0 Å². The van der Waals surface area contributed by atoms with Crippen molar-refractivity contribution in [3.63, 3.8) is 0 Å². The highest BCUT2D eigenvalue weighted by Gasteiger charge is 2.66. The minimum atomic E-state index is -1.01. The van der Waals surface area contributed by atoms with Gasteiger partial charge in [0.15, 0.2) is 0 Å². The zero-order valence-corrected chi connectivity index (χ0v) is 8.10. The van der Waals surface area contributed by atoms with Gasteiger partial charge in [0.1, 0.15) is 25.1 Å². The topological polar surface area (TPSA) is 68.3 Å². The molecule has 76 valence electrons. The predicted molar refractivity (Wildman–Crippen MR) is 47.5 cm³/mol. The normalized spacial score (nSPS) is 46.1. The summed E-state index contributed by atoms with van der Waals surface area (Å²) in [6, 6.07) is 0. The molecule has 0 aromatic carbocycles. The Morgan fingerprint density at radius 2 is 1.07 bits per heavy atom. The molecule has 4 heteroatoms. The predicted octanol–water partition coefficient (Wildman–Crippen LogP) is 0.0406. The molecular formula is C10H12O4. The SMILES string of the molecule is CC1(C=O)C(C=O)C(C)(C=O)C1C=O. The van der Waals surface area contributed by atoms with Crippen LogP contribution in [0.3, 0.4) is 0 Å². The first-order chi connectivity index (χ1) is 6.51. The second-order valence-electron chi connectivity index (χ2n) is 4.20. The maximum atomic E-state index is 10.8. The van der Waals surface area contributed by atoms with E-state index < -0.39 is 22.7 Å². The van der Waals surface area contributed by atoms with Crippen LogP contribution in [0, 0.1) is 22.7 Å². The van der Waals surface area contributed by atoms with E-state index in [2.05, 4.69) is 0 Å². The summed E-state index contributed by atoms with van der Waals surface area (Å²) >= 11 is 0. The van der Waals surface area contributed by atoms with E-state index in [1.807, 2.05) is 0 Å². The number of carbonyl (C=O) groups excluding carboxylic acids is 4. The first-order valence-corrected chi connectivity index (χ1v) is 4.34. The van der Waals surface area contributed by atoms with Gasteiger partial charge in [-0.3, -0.25) is 0 Å². The lowest BCUT2D eigenvalue weighted by Crippen LogP contribution is -2.65. The molecule has 14 heavy (non-hydrogen) atoms. The summed E-state index contributed by atoms with van der Waals surface area (Å²) in [6.07, 6.45) is 2.36. The maximum absolute atomic E-state index is 10.8. The van der Waals surface area contributed by atoms with Crippen LogP contribution < -0.4 is 0 Å². The smallest absolute Gasteiger partial charge is 0.127 e. The fourth-order valence-corrected chi connectivity index (χ4v) is 2.51. The highest BCUT2D eigenvalue weighted by Crippen LogP contribution is 2.59. The van der Waals surface area contributed by atoms with Gasteiger partial charge in [0.25, 0.3) is 0 Å². The molecule has 0 N–H and O–H groups in total. The Labute approximate surface area is 81.7 Å². The van der Waals surface area contributed by atoms with E-state index in [9.17, 15) is 19.2 Å². The third-order valence-electron chi connectivity index (χ3n) is 3.46. The summed E-state index contributed by atoms with van der Waals surface area (Å²) in [6.45, 7) is 3.06. The number of hydrogen-bond acceptors (Lipinski definition) is 4. The molecule has 1 aliphatic carbocycles. The van der Waals surface area contributed by atoms with Crippen molar-refractivity contribution in [3.8, 4) is 0 Å². The van der Waals surface area contributed by atoms with Crippen LogP contribution in [-0.4, -0.2) is 25.1 Å². The van der Waals surface area contributed by atoms with E-state index in [1.165, 1.54) is 13.8 Å². The van der Waals surface area contributed by atoms with Gasteiger partial charge in [-0.1, -0.05) is 13.8 Å². The molecule has 1 fully saturated rings. The molecule has 0 saturated heterocycles. The van der Waals surface area contributed by atoms with E-state index >= 15 is 0 Å². The van der Waals surface area contributed by atoms with Gasteiger partial charge in [-0.15, -0.1) is 0 Å². The number of carbonyl (C=O) groups is 4. The second kappa shape index (κ2) is 3.12. The van der Waals surface area contributed by atoms with Gasteiger partial charge in [-0.25, -0.2) is 0 Å². The minimum absolute atomic E-state index is 0.586. The van der Waals surface area contributed by atoms with Gasteiger partial charge in [-0.2, -0.15) is 0 Å². The van der Waals surface area contributed by atoms with Crippen molar-refractivity contribution >= 4 is 25.1 Å². The zero-order valence-electron chi connectivity index (χ0n) is 8.10. The van der Waals surface area contributed by atoms with E-state index in [4.69, 9.17) is 0 Å². The Morgan fingerprint density at radius 3 is 1.21 bits per heavy atom. The Kier molecular flexibility index (Phi) is 2.39. The molecule has 0 aromatic rings. The molecule has 4 nitrogen and oxygen atoms in total. The molecule has 0 aliphatic heterocycles. The molecule has 0 aromatic heterocycles. The summed E-state index contributed by atoms with van der Waals surface area (Å²) < 4.78 is 0. The molecule has 0 heterocycles. The average molecular weight is 196 g/mol. The standard InChI is InChI=1S/C10H12O4/c1-9(5-13)7(3-11)10(2,6-14)8(9)4-12/h3-8H,1-2H3. The van der Waals surface area contributed by atoms with E-state index in [0.29, 0.717) is 25.1 Å². The summed E-state index contributed by atoms with van der Waals surface area (Å²) in [7, 11) is 0. The number of rotatable bonds is 4. The van der Waals surface area contributed by atoms with Crippen LogP contribution in [0.15, 0.2) is 0 Å². The van der Waals surface area contributed by atoms with Crippen LogP contribution in [0.4, 0.5) is 0 Å². The molecule has 0 spiro atoms. The van der Waals surface area contributed by atoms with Crippen LogP contribution in [0.2, 0.25) is 0 Å². The maximum Gasteiger partial charge on any atom is 0.127 e. The quantitative estimate of drug-likeness (QED) is 0.595. The van der Waals surface area contributed by atoms with Crippen molar-refractivity contribution in [2.45, 2.75) is 13.8 Å². The van der Waals surface area contributed by atoms with Crippen molar-refractivity contribution in [2.75, 3.05) is 0 Å². The van der Waals surface area contributed by atoms with E-state index in [0.717, 1.165) is 0 Å². The van der Waals surface area contributed by atoms with Gasteiger partial charge in [0.05, 0.1) is 0 Å². The fourth-order valence-electron chi connectivity index (χ4n) is 2.51. The summed E-state index contributed by atoms with van der Waals surface area (Å²) in [4.78, 5) is 43.2. The minimum Gasteiger partial charge on any atom is -0.303 e. The average Bonchev–Trinajstić information content (AvgIpc) is 2.18. The second-order valence-corrected chi connectivity index (χ2v) is 4.20. The first-order valence-electron chi connectivity index (χ1n) is 4.34. The van der Waals surface area contributed by atoms with Gasteiger partial charge in [0.2, 0.25) is 0 Å². The molecule has 0 radical (unpaired) electrons. The highest BCUT2D eigenvalue weighted by atomic mass is 16.1. The number of aldehydes is 4.